The number of aromatic nitrogens is 2. The van der Waals surface area contributed by atoms with Crippen molar-refractivity contribution in [2.45, 2.75) is 0 Å². The van der Waals surface area contributed by atoms with Gasteiger partial charge in [-0.3, -0.25) is 4.79 Å². The van der Waals surface area contributed by atoms with Crippen molar-refractivity contribution in [1.29, 1.82) is 0 Å². The summed E-state index contributed by atoms with van der Waals surface area (Å²) in [4.78, 5) is 11.1. The summed E-state index contributed by atoms with van der Waals surface area (Å²) in [6, 6.07) is 3.12. The Morgan fingerprint density at radius 1 is 1.57 bits per heavy atom. The molecule has 0 radical (unpaired) electrons. The SMILES string of the molecule is CNC(=O)c1ccc(OCCN)nn1. The Morgan fingerprint density at radius 3 is 2.86 bits per heavy atom. The summed E-state index contributed by atoms with van der Waals surface area (Å²) in [5, 5.41) is 9.81. The van der Waals surface area contributed by atoms with Crippen molar-refractivity contribution in [3.63, 3.8) is 0 Å². The molecule has 0 saturated heterocycles. The van der Waals surface area contributed by atoms with Crippen LogP contribution in [0.15, 0.2) is 12.1 Å². The van der Waals surface area contributed by atoms with Crippen LogP contribution in [-0.2, 0) is 0 Å². The molecule has 0 fully saturated rings. The maximum atomic E-state index is 11.1. The van der Waals surface area contributed by atoms with Gasteiger partial charge < -0.3 is 15.8 Å². The Bertz CT molecular complexity index is 299. The number of carbonyl (C=O) groups is 1. The second-order valence-electron chi connectivity index (χ2n) is 2.47. The molecule has 0 saturated carbocycles. The summed E-state index contributed by atoms with van der Waals surface area (Å²) >= 11 is 0. The minimum Gasteiger partial charge on any atom is -0.475 e. The zero-order chi connectivity index (χ0) is 10.4. The number of hydrogen-bond donors (Lipinski definition) is 2. The monoisotopic (exact) mass is 196 g/mol. The number of rotatable bonds is 4. The molecular weight excluding hydrogens is 184 g/mol. The van der Waals surface area contributed by atoms with Crippen LogP contribution < -0.4 is 15.8 Å². The van der Waals surface area contributed by atoms with E-state index in [0.717, 1.165) is 0 Å². The molecule has 3 N–H and O–H groups in total. The Kier molecular flexibility index (Phi) is 3.81. The van der Waals surface area contributed by atoms with E-state index in [9.17, 15) is 4.79 Å². The number of nitrogens with zero attached hydrogens (tertiary/aromatic N) is 2. The molecule has 0 bridgehead atoms. The fourth-order valence-corrected chi connectivity index (χ4v) is 0.810. The molecule has 6 nitrogen and oxygen atoms in total. The summed E-state index contributed by atoms with van der Waals surface area (Å²) in [7, 11) is 1.53. The van der Waals surface area contributed by atoms with E-state index in [1.165, 1.54) is 13.1 Å². The normalized spacial score (nSPS) is 9.57. The van der Waals surface area contributed by atoms with Crippen LogP contribution in [-0.4, -0.2) is 36.3 Å². The first-order valence-corrected chi connectivity index (χ1v) is 4.16. The lowest BCUT2D eigenvalue weighted by atomic mass is 10.4. The Balaban J connectivity index is 2.63. The molecule has 0 aliphatic rings. The summed E-state index contributed by atoms with van der Waals surface area (Å²) in [5.41, 5.74) is 5.50. The average Bonchev–Trinajstić information content (AvgIpc) is 2.26. The van der Waals surface area contributed by atoms with Gasteiger partial charge in [-0.15, -0.1) is 10.2 Å². The van der Waals surface area contributed by atoms with Crippen molar-refractivity contribution in [3.05, 3.63) is 17.8 Å². The van der Waals surface area contributed by atoms with Gasteiger partial charge in [0.25, 0.3) is 5.91 Å². The maximum Gasteiger partial charge on any atom is 0.271 e. The van der Waals surface area contributed by atoms with Crippen LogP contribution in [0.2, 0.25) is 0 Å². The molecule has 76 valence electrons. The largest absolute Gasteiger partial charge is 0.475 e. The highest BCUT2D eigenvalue weighted by atomic mass is 16.5. The van der Waals surface area contributed by atoms with Crippen LogP contribution in [0.5, 0.6) is 5.88 Å². The molecule has 0 aliphatic heterocycles. The van der Waals surface area contributed by atoms with Gasteiger partial charge in [0.2, 0.25) is 5.88 Å². The minimum absolute atomic E-state index is 0.257. The van der Waals surface area contributed by atoms with Crippen molar-refractivity contribution in [3.8, 4) is 5.88 Å². The van der Waals surface area contributed by atoms with Crippen LogP contribution in [0.1, 0.15) is 10.5 Å². The summed E-state index contributed by atoms with van der Waals surface area (Å²) < 4.78 is 5.09. The lowest BCUT2D eigenvalue weighted by Gasteiger charge is -2.02. The minimum atomic E-state index is -0.275. The first kappa shape index (κ1) is 10.4. The molecule has 0 unspecified atom stereocenters. The first-order chi connectivity index (χ1) is 6.77. The van der Waals surface area contributed by atoms with E-state index in [0.29, 0.717) is 19.0 Å². The van der Waals surface area contributed by atoms with E-state index in [-0.39, 0.29) is 11.6 Å². The summed E-state index contributed by atoms with van der Waals surface area (Å²) in [5.74, 6) is 0.0889. The Morgan fingerprint density at radius 2 is 2.36 bits per heavy atom. The summed E-state index contributed by atoms with van der Waals surface area (Å²) in [6.07, 6.45) is 0. The van der Waals surface area contributed by atoms with Gasteiger partial charge in [0.15, 0.2) is 5.69 Å². The van der Waals surface area contributed by atoms with Crippen molar-refractivity contribution in [2.24, 2.45) is 5.73 Å². The lowest BCUT2D eigenvalue weighted by molar-refractivity contribution is 0.0957. The first-order valence-electron chi connectivity index (χ1n) is 4.16. The Hall–Kier alpha value is -1.69. The van der Waals surface area contributed by atoms with Crippen LogP contribution >= 0.6 is 0 Å². The number of hydrogen-bond acceptors (Lipinski definition) is 5. The smallest absolute Gasteiger partial charge is 0.271 e. The van der Waals surface area contributed by atoms with E-state index in [1.54, 1.807) is 6.07 Å². The van der Waals surface area contributed by atoms with Gasteiger partial charge in [-0.1, -0.05) is 0 Å². The van der Waals surface area contributed by atoms with Crippen LogP contribution in [0.4, 0.5) is 0 Å². The fourth-order valence-electron chi connectivity index (χ4n) is 0.810. The van der Waals surface area contributed by atoms with Crippen LogP contribution in [0, 0.1) is 0 Å². The lowest BCUT2D eigenvalue weighted by Crippen LogP contribution is -2.19. The molecule has 0 aromatic carbocycles. The molecule has 1 aromatic rings. The third-order valence-electron chi connectivity index (χ3n) is 1.47. The highest BCUT2D eigenvalue weighted by molar-refractivity contribution is 5.91. The van der Waals surface area contributed by atoms with E-state index in [4.69, 9.17) is 10.5 Å². The van der Waals surface area contributed by atoms with Gasteiger partial charge >= 0.3 is 0 Å². The quantitative estimate of drug-likeness (QED) is 0.656. The maximum absolute atomic E-state index is 11.1. The van der Waals surface area contributed by atoms with Gasteiger partial charge in [-0.25, -0.2) is 0 Å². The predicted octanol–water partition coefficient (Wildman–Crippen LogP) is -0.826. The van der Waals surface area contributed by atoms with E-state index < -0.39 is 0 Å². The summed E-state index contributed by atoms with van der Waals surface area (Å²) in [6.45, 7) is 0.798. The molecule has 0 atom stereocenters. The van der Waals surface area contributed by atoms with Crippen molar-refractivity contribution in [2.75, 3.05) is 20.2 Å². The standard InChI is InChI=1S/C8H12N4O2/c1-10-8(13)6-2-3-7(12-11-6)14-5-4-9/h2-3H,4-5,9H2,1H3,(H,10,13). The van der Waals surface area contributed by atoms with Crippen LogP contribution in [0.25, 0.3) is 0 Å². The highest BCUT2D eigenvalue weighted by Crippen LogP contribution is 2.03. The molecule has 1 heterocycles. The average molecular weight is 196 g/mol. The number of nitrogens with two attached hydrogens (primary N) is 1. The Labute approximate surface area is 81.5 Å². The number of ether oxygens (including phenoxy) is 1. The zero-order valence-corrected chi connectivity index (χ0v) is 7.86. The number of carbonyl (C=O) groups excluding carboxylic acids is 1. The van der Waals surface area contributed by atoms with E-state index in [2.05, 4.69) is 15.5 Å². The van der Waals surface area contributed by atoms with Gasteiger partial charge in [-0.05, 0) is 6.07 Å². The van der Waals surface area contributed by atoms with E-state index in [1.807, 2.05) is 0 Å². The second kappa shape index (κ2) is 5.13. The number of amides is 1. The predicted molar refractivity (Wildman–Crippen MR) is 50.0 cm³/mol. The topological polar surface area (TPSA) is 90.1 Å². The van der Waals surface area contributed by atoms with Crippen LogP contribution in [0.3, 0.4) is 0 Å². The van der Waals surface area contributed by atoms with Gasteiger partial charge in [0, 0.05) is 19.7 Å². The molecule has 0 aliphatic carbocycles. The third kappa shape index (κ3) is 2.67. The molecule has 0 spiro atoms. The second-order valence-corrected chi connectivity index (χ2v) is 2.47. The molecule has 1 amide bonds. The van der Waals surface area contributed by atoms with Crippen molar-refractivity contribution in [1.82, 2.24) is 15.5 Å². The fraction of sp³-hybridized carbons (Fsp3) is 0.375. The molecular formula is C8H12N4O2. The van der Waals surface area contributed by atoms with E-state index >= 15 is 0 Å². The molecule has 1 aromatic heterocycles. The number of nitrogens with one attached hydrogen (secondary N) is 1. The van der Waals surface area contributed by atoms with Gasteiger partial charge in [0.1, 0.15) is 6.61 Å². The third-order valence-corrected chi connectivity index (χ3v) is 1.47. The van der Waals surface area contributed by atoms with Crippen molar-refractivity contribution < 1.29 is 9.53 Å². The van der Waals surface area contributed by atoms with Gasteiger partial charge in [0.05, 0.1) is 0 Å². The van der Waals surface area contributed by atoms with Gasteiger partial charge in [-0.2, -0.15) is 0 Å². The highest BCUT2D eigenvalue weighted by Gasteiger charge is 2.05. The molecule has 6 heteroatoms. The molecule has 14 heavy (non-hydrogen) atoms. The zero-order valence-electron chi connectivity index (χ0n) is 7.86. The van der Waals surface area contributed by atoms with Crippen molar-refractivity contribution >= 4 is 5.91 Å². The molecule has 1 rings (SSSR count).